The van der Waals surface area contributed by atoms with E-state index in [1.165, 1.54) is 0 Å². The van der Waals surface area contributed by atoms with Crippen LogP contribution in [0.25, 0.3) is 0 Å². The molecular formula is C17H22BrNO3. The van der Waals surface area contributed by atoms with Crippen molar-refractivity contribution >= 4 is 27.8 Å². The standard InChI is InChI=1S/C17H22BrNO3/c1-17(2,3)22-16(21)19-10-4-5-14(19)11-15(20)12-6-8-13(18)9-7-12/h6-9,14H,4-5,10-11H2,1-3H3. The third-order valence-corrected chi connectivity index (χ3v) is 4.12. The van der Waals surface area contributed by atoms with E-state index in [4.69, 9.17) is 4.74 Å². The first-order valence-electron chi connectivity index (χ1n) is 7.54. The molecule has 1 fully saturated rings. The zero-order chi connectivity index (χ0) is 16.3. The number of ether oxygens (including phenoxy) is 1. The van der Waals surface area contributed by atoms with Crippen LogP contribution in [-0.2, 0) is 4.74 Å². The Morgan fingerprint density at radius 3 is 2.50 bits per heavy atom. The Morgan fingerprint density at radius 2 is 1.91 bits per heavy atom. The molecular weight excluding hydrogens is 346 g/mol. The Morgan fingerprint density at radius 1 is 1.27 bits per heavy atom. The average Bonchev–Trinajstić information content (AvgIpc) is 2.85. The number of carbonyl (C=O) groups excluding carboxylic acids is 2. The highest BCUT2D eigenvalue weighted by Crippen LogP contribution is 2.24. The highest BCUT2D eigenvalue weighted by molar-refractivity contribution is 9.10. The summed E-state index contributed by atoms with van der Waals surface area (Å²) in [6.07, 6.45) is 1.79. The minimum Gasteiger partial charge on any atom is -0.444 e. The maximum Gasteiger partial charge on any atom is 0.410 e. The molecule has 2 rings (SSSR count). The topological polar surface area (TPSA) is 46.6 Å². The molecule has 120 valence electrons. The van der Waals surface area contributed by atoms with E-state index in [2.05, 4.69) is 15.9 Å². The number of hydrogen-bond donors (Lipinski definition) is 0. The van der Waals surface area contributed by atoms with Gasteiger partial charge in [-0.2, -0.15) is 0 Å². The molecule has 1 aliphatic rings. The molecule has 1 unspecified atom stereocenters. The number of nitrogens with zero attached hydrogens (tertiary/aromatic N) is 1. The molecule has 1 amide bonds. The molecule has 0 bridgehead atoms. The van der Waals surface area contributed by atoms with Gasteiger partial charge in [-0.25, -0.2) is 4.79 Å². The second-order valence-corrected chi connectivity index (χ2v) is 7.52. The molecule has 1 heterocycles. The van der Waals surface area contributed by atoms with Crippen LogP contribution in [0, 0.1) is 0 Å². The first-order valence-corrected chi connectivity index (χ1v) is 8.34. The molecule has 0 saturated carbocycles. The second kappa shape index (κ2) is 6.82. The van der Waals surface area contributed by atoms with E-state index >= 15 is 0 Å². The van der Waals surface area contributed by atoms with Gasteiger partial charge in [-0.1, -0.05) is 28.1 Å². The molecule has 1 saturated heterocycles. The maximum absolute atomic E-state index is 12.4. The van der Waals surface area contributed by atoms with Gasteiger partial charge in [-0.05, 0) is 45.7 Å². The van der Waals surface area contributed by atoms with Crippen LogP contribution in [0.5, 0.6) is 0 Å². The molecule has 1 aromatic carbocycles. The highest BCUT2D eigenvalue weighted by Gasteiger charge is 2.33. The fourth-order valence-electron chi connectivity index (χ4n) is 2.58. The van der Waals surface area contributed by atoms with Crippen molar-refractivity contribution in [3.63, 3.8) is 0 Å². The predicted molar refractivity (Wildman–Crippen MR) is 89.1 cm³/mol. The Hall–Kier alpha value is -1.36. The van der Waals surface area contributed by atoms with E-state index < -0.39 is 5.60 Å². The van der Waals surface area contributed by atoms with Crippen LogP contribution in [0.15, 0.2) is 28.7 Å². The van der Waals surface area contributed by atoms with E-state index in [1.54, 1.807) is 17.0 Å². The molecule has 5 heteroatoms. The van der Waals surface area contributed by atoms with Gasteiger partial charge in [0, 0.05) is 29.0 Å². The van der Waals surface area contributed by atoms with Crippen LogP contribution in [0.3, 0.4) is 0 Å². The summed E-state index contributed by atoms with van der Waals surface area (Å²) in [4.78, 5) is 26.3. The predicted octanol–water partition coefficient (Wildman–Crippen LogP) is 4.42. The molecule has 0 N–H and O–H groups in total. The molecule has 22 heavy (non-hydrogen) atoms. The fourth-order valence-corrected chi connectivity index (χ4v) is 2.84. The van der Waals surface area contributed by atoms with Crippen molar-refractivity contribution in [2.24, 2.45) is 0 Å². The maximum atomic E-state index is 12.4. The zero-order valence-corrected chi connectivity index (χ0v) is 14.9. The number of likely N-dealkylation sites (tertiary alicyclic amines) is 1. The number of rotatable bonds is 3. The van der Waals surface area contributed by atoms with Crippen LogP contribution in [0.1, 0.15) is 50.4 Å². The lowest BCUT2D eigenvalue weighted by Gasteiger charge is -2.28. The van der Waals surface area contributed by atoms with Crippen molar-refractivity contribution in [3.8, 4) is 0 Å². The van der Waals surface area contributed by atoms with E-state index in [0.717, 1.165) is 17.3 Å². The largest absolute Gasteiger partial charge is 0.444 e. The summed E-state index contributed by atoms with van der Waals surface area (Å²) in [6.45, 7) is 6.21. The lowest BCUT2D eigenvalue weighted by Crippen LogP contribution is -2.40. The molecule has 1 aliphatic heterocycles. The van der Waals surface area contributed by atoms with Crippen molar-refractivity contribution in [2.45, 2.75) is 51.7 Å². The molecule has 1 atom stereocenters. The van der Waals surface area contributed by atoms with Gasteiger partial charge < -0.3 is 9.64 Å². The summed E-state index contributed by atoms with van der Waals surface area (Å²) in [5.41, 5.74) is 0.166. The third-order valence-electron chi connectivity index (χ3n) is 3.59. The van der Waals surface area contributed by atoms with Crippen LogP contribution >= 0.6 is 15.9 Å². The third kappa shape index (κ3) is 4.57. The first-order chi connectivity index (χ1) is 10.3. The lowest BCUT2D eigenvalue weighted by molar-refractivity contribution is 0.0223. The van der Waals surface area contributed by atoms with Crippen LogP contribution in [0.2, 0.25) is 0 Å². The minimum absolute atomic E-state index is 0.0629. The summed E-state index contributed by atoms with van der Waals surface area (Å²) in [7, 11) is 0. The monoisotopic (exact) mass is 367 g/mol. The molecule has 0 aromatic heterocycles. The van der Waals surface area contributed by atoms with Crippen LogP contribution in [0.4, 0.5) is 4.79 Å². The lowest BCUT2D eigenvalue weighted by atomic mass is 10.0. The van der Waals surface area contributed by atoms with Gasteiger partial charge in [0.25, 0.3) is 0 Å². The van der Waals surface area contributed by atoms with E-state index in [1.807, 2.05) is 32.9 Å². The van der Waals surface area contributed by atoms with Crippen molar-refractivity contribution in [2.75, 3.05) is 6.54 Å². The number of halogens is 1. The van der Waals surface area contributed by atoms with Crippen molar-refractivity contribution < 1.29 is 14.3 Å². The van der Waals surface area contributed by atoms with Crippen molar-refractivity contribution in [1.82, 2.24) is 4.90 Å². The number of hydrogen-bond acceptors (Lipinski definition) is 3. The SMILES string of the molecule is CC(C)(C)OC(=O)N1CCCC1CC(=O)c1ccc(Br)cc1. The Bertz CT molecular complexity index is 548. The molecule has 1 aromatic rings. The Labute approximate surface area is 140 Å². The van der Waals surface area contributed by atoms with E-state index in [-0.39, 0.29) is 17.9 Å². The summed E-state index contributed by atoms with van der Waals surface area (Å²) in [6, 6.07) is 7.25. The van der Waals surface area contributed by atoms with Gasteiger partial charge >= 0.3 is 6.09 Å². The summed E-state index contributed by atoms with van der Waals surface area (Å²) < 4.78 is 6.37. The second-order valence-electron chi connectivity index (χ2n) is 6.60. The van der Waals surface area contributed by atoms with Gasteiger partial charge in [0.2, 0.25) is 0 Å². The number of benzene rings is 1. The number of amides is 1. The van der Waals surface area contributed by atoms with Gasteiger partial charge in [0.1, 0.15) is 5.60 Å². The van der Waals surface area contributed by atoms with Gasteiger partial charge in [0.05, 0.1) is 0 Å². The van der Waals surface area contributed by atoms with Gasteiger partial charge in [-0.3, -0.25) is 4.79 Å². The molecule has 0 spiro atoms. The van der Waals surface area contributed by atoms with Crippen LogP contribution < -0.4 is 0 Å². The number of carbonyl (C=O) groups is 2. The van der Waals surface area contributed by atoms with Gasteiger partial charge in [0.15, 0.2) is 5.78 Å². The first kappa shape index (κ1) is 17.0. The molecule has 4 nitrogen and oxygen atoms in total. The normalized spacial score (nSPS) is 18.4. The Kier molecular flexibility index (Phi) is 5.27. The number of ketones is 1. The zero-order valence-electron chi connectivity index (χ0n) is 13.3. The van der Waals surface area contributed by atoms with Crippen molar-refractivity contribution in [3.05, 3.63) is 34.3 Å². The van der Waals surface area contributed by atoms with Crippen LogP contribution in [-0.4, -0.2) is 35.0 Å². The molecule has 0 aliphatic carbocycles. The fraction of sp³-hybridized carbons (Fsp3) is 0.529. The quantitative estimate of drug-likeness (QED) is 0.742. The molecule has 0 radical (unpaired) electrons. The van der Waals surface area contributed by atoms with Gasteiger partial charge in [-0.15, -0.1) is 0 Å². The average molecular weight is 368 g/mol. The van der Waals surface area contributed by atoms with E-state index in [9.17, 15) is 9.59 Å². The summed E-state index contributed by atoms with van der Waals surface area (Å²) in [5.74, 6) is 0.0629. The summed E-state index contributed by atoms with van der Waals surface area (Å²) in [5, 5.41) is 0. The smallest absolute Gasteiger partial charge is 0.410 e. The van der Waals surface area contributed by atoms with E-state index in [0.29, 0.717) is 18.5 Å². The minimum atomic E-state index is -0.514. The number of Topliss-reactive ketones (excluding diaryl/α,β-unsaturated/α-hetero) is 1. The highest BCUT2D eigenvalue weighted by atomic mass is 79.9. The van der Waals surface area contributed by atoms with Crippen molar-refractivity contribution in [1.29, 1.82) is 0 Å². The summed E-state index contributed by atoms with van der Waals surface area (Å²) >= 11 is 3.36. The Balaban J connectivity index is 2.00.